The molecule has 0 atom stereocenters. The maximum atomic E-state index is 5.95. The summed E-state index contributed by atoms with van der Waals surface area (Å²) in [6.45, 7) is 5.24. The van der Waals surface area contributed by atoms with Crippen molar-refractivity contribution in [1.82, 2.24) is 14.9 Å². The molecule has 0 unspecified atom stereocenters. The SMILES string of the molecule is CCN(CCNc1ncncc1Cl)C1CC1. The molecule has 16 heavy (non-hydrogen) atoms. The van der Waals surface area contributed by atoms with Crippen molar-refractivity contribution in [2.75, 3.05) is 25.0 Å². The van der Waals surface area contributed by atoms with Crippen molar-refractivity contribution in [2.45, 2.75) is 25.8 Å². The molecule has 1 aromatic heterocycles. The minimum absolute atomic E-state index is 0.581. The molecule has 1 aromatic rings. The second kappa shape index (κ2) is 5.46. The second-order valence-corrected chi connectivity index (χ2v) is 4.41. The van der Waals surface area contributed by atoms with E-state index in [0.29, 0.717) is 5.02 Å². The van der Waals surface area contributed by atoms with Gasteiger partial charge >= 0.3 is 0 Å². The zero-order chi connectivity index (χ0) is 11.4. The van der Waals surface area contributed by atoms with E-state index in [-0.39, 0.29) is 0 Å². The van der Waals surface area contributed by atoms with Gasteiger partial charge in [-0.25, -0.2) is 9.97 Å². The number of hydrogen-bond acceptors (Lipinski definition) is 4. The zero-order valence-corrected chi connectivity index (χ0v) is 10.2. The Hall–Kier alpha value is -0.870. The molecule has 1 heterocycles. The molecule has 2 rings (SSSR count). The van der Waals surface area contributed by atoms with Crippen LogP contribution in [0.5, 0.6) is 0 Å². The van der Waals surface area contributed by atoms with Gasteiger partial charge in [-0.2, -0.15) is 0 Å². The molecule has 1 aliphatic carbocycles. The Morgan fingerprint density at radius 3 is 3.00 bits per heavy atom. The van der Waals surface area contributed by atoms with Crippen LogP contribution in [0.4, 0.5) is 5.82 Å². The van der Waals surface area contributed by atoms with Crippen molar-refractivity contribution in [2.24, 2.45) is 0 Å². The highest BCUT2D eigenvalue weighted by atomic mass is 35.5. The van der Waals surface area contributed by atoms with Gasteiger partial charge in [0.2, 0.25) is 0 Å². The van der Waals surface area contributed by atoms with Crippen LogP contribution in [0.15, 0.2) is 12.5 Å². The quantitative estimate of drug-likeness (QED) is 0.826. The molecule has 1 aliphatic rings. The number of aromatic nitrogens is 2. The smallest absolute Gasteiger partial charge is 0.148 e. The number of likely N-dealkylation sites (N-methyl/N-ethyl adjacent to an activating group) is 1. The number of nitrogens with one attached hydrogen (secondary N) is 1. The van der Waals surface area contributed by atoms with Gasteiger partial charge in [-0.1, -0.05) is 18.5 Å². The molecule has 0 bridgehead atoms. The summed E-state index contributed by atoms with van der Waals surface area (Å²) in [7, 11) is 0. The first-order chi connectivity index (χ1) is 7.81. The Kier molecular flexibility index (Phi) is 3.96. The predicted molar refractivity (Wildman–Crippen MR) is 65.8 cm³/mol. The van der Waals surface area contributed by atoms with Gasteiger partial charge in [-0.15, -0.1) is 0 Å². The second-order valence-electron chi connectivity index (χ2n) is 4.01. The lowest BCUT2D eigenvalue weighted by Crippen LogP contribution is -2.31. The Bertz CT molecular complexity index is 341. The largest absolute Gasteiger partial charge is 0.367 e. The minimum Gasteiger partial charge on any atom is -0.367 e. The van der Waals surface area contributed by atoms with E-state index in [1.165, 1.54) is 19.2 Å². The van der Waals surface area contributed by atoms with Gasteiger partial charge in [0, 0.05) is 19.1 Å². The number of anilines is 1. The van der Waals surface area contributed by atoms with Crippen LogP contribution >= 0.6 is 11.6 Å². The fourth-order valence-corrected chi connectivity index (χ4v) is 1.97. The van der Waals surface area contributed by atoms with Crippen LogP contribution in [-0.4, -0.2) is 40.5 Å². The average Bonchev–Trinajstić information content (AvgIpc) is 3.11. The van der Waals surface area contributed by atoms with Gasteiger partial charge in [0.1, 0.15) is 17.2 Å². The van der Waals surface area contributed by atoms with Gasteiger partial charge < -0.3 is 5.32 Å². The Morgan fingerprint density at radius 2 is 2.38 bits per heavy atom. The van der Waals surface area contributed by atoms with E-state index in [0.717, 1.165) is 31.5 Å². The highest BCUT2D eigenvalue weighted by Crippen LogP contribution is 2.26. The minimum atomic E-state index is 0.581. The molecule has 0 aromatic carbocycles. The van der Waals surface area contributed by atoms with E-state index >= 15 is 0 Å². The third-order valence-corrected chi connectivity index (χ3v) is 3.11. The van der Waals surface area contributed by atoms with E-state index in [1.54, 1.807) is 6.20 Å². The van der Waals surface area contributed by atoms with Gasteiger partial charge in [0.05, 0.1) is 6.20 Å². The standard InChI is InChI=1S/C11H17ClN4/c1-2-16(9-3-4-9)6-5-14-11-10(12)7-13-8-15-11/h7-9H,2-6H2,1H3,(H,13,14,15). The normalized spacial score (nSPS) is 15.4. The van der Waals surface area contributed by atoms with E-state index < -0.39 is 0 Å². The van der Waals surface area contributed by atoms with Crippen LogP contribution in [0.3, 0.4) is 0 Å². The summed E-state index contributed by atoms with van der Waals surface area (Å²) in [5.41, 5.74) is 0. The summed E-state index contributed by atoms with van der Waals surface area (Å²) < 4.78 is 0. The Labute approximate surface area is 101 Å². The first-order valence-electron chi connectivity index (χ1n) is 5.74. The summed E-state index contributed by atoms with van der Waals surface area (Å²) in [5.74, 6) is 0.725. The molecule has 1 fully saturated rings. The summed E-state index contributed by atoms with van der Waals surface area (Å²) in [4.78, 5) is 10.4. The fraction of sp³-hybridized carbons (Fsp3) is 0.636. The van der Waals surface area contributed by atoms with Crippen molar-refractivity contribution in [3.63, 3.8) is 0 Å². The first kappa shape index (κ1) is 11.6. The topological polar surface area (TPSA) is 41.0 Å². The number of nitrogens with zero attached hydrogens (tertiary/aromatic N) is 3. The van der Waals surface area contributed by atoms with Crippen LogP contribution in [0, 0.1) is 0 Å². The van der Waals surface area contributed by atoms with Crippen LogP contribution in [0.1, 0.15) is 19.8 Å². The molecule has 1 saturated carbocycles. The maximum Gasteiger partial charge on any atom is 0.148 e. The Balaban J connectivity index is 1.77. The fourth-order valence-electron chi connectivity index (χ4n) is 1.80. The van der Waals surface area contributed by atoms with Crippen LogP contribution < -0.4 is 5.32 Å². The molecule has 0 aliphatic heterocycles. The molecular weight excluding hydrogens is 224 g/mol. The molecular formula is C11H17ClN4. The van der Waals surface area contributed by atoms with Gasteiger partial charge in [-0.3, -0.25) is 4.90 Å². The number of halogens is 1. The molecule has 1 N–H and O–H groups in total. The summed E-state index contributed by atoms with van der Waals surface area (Å²) >= 11 is 5.95. The highest BCUT2D eigenvalue weighted by Gasteiger charge is 2.27. The van der Waals surface area contributed by atoms with Gasteiger partial charge in [-0.05, 0) is 19.4 Å². The van der Waals surface area contributed by atoms with E-state index in [4.69, 9.17) is 11.6 Å². The van der Waals surface area contributed by atoms with Crippen LogP contribution in [0.2, 0.25) is 5.02 Å². The van der Waals surface area contributed by atoms with Crippen molar-refractivity contribution in [1.29, 1.82) is 0 Å². The molecule has 0 radical (unpaired) electrons. The summed E-state index contributed by atoms with van der Waals surface area (Å²) in [6.07, 6.45) is 5.81. The molecule has 0 saturated heterocycles. The predicted octanol–water partition coefficient (Wildman–Crippen LogP) is 2.03. The molecule has 4 nitrogen and oxygen atoms in total. The zero-order valence-electron chi connectivity index (χ0n) is 9.49. The maximum absolute atomic E-state index is 5.95. The van der Waals surface area contributed by atoms with E-state index in [1.807, 2.05) is 0 Å². The molecule has 0 spiro atoms. The lowest BCUT2D eigenvalue weighted by molar-refractivity contribution is 0.289. The van der Waals surface area contributed by atoms with Crippen molar-refractivity contribution in [3.05, 3.63) is 17.5 Å². The molecule has 88 valence electrons. The lowest BCUT2D eigenvalue weighted by atomic mass is 10.4. The Morgan fingerprint density at radius 1 is 1.56 bits per heavy atom. The third-order valence-electron chi connectivity index (χ3n) is 2.83. The highest BCUT2D eigenvalue weighted by molar-refractivity contribution is 6.32. The average molecular weight is 241 g/mol. The van der Waals surface area contributed by atoms with E-state index in [2.05, 4.69) is 27.1 Å². The van der Waals surface area contributed by atoms with Crippen molar-refractivity contribution in [3.8, 4) is 0 Å². The number of rotatable bonds is 6. The van der Waals surface area contributed by atoms with Gasteiger partial charge in [0.25, 0.3) is 0 Å². The molecule has 0 amide bonds. The van der Waals surface area contributed by atoms with Crippen molar-refractivity contribution < 1.29 is 0 Å². The monoisotopic (exact) mass is 240 g/mol. The number of hydrogen-bond donors (Lipinski definition) is 1. The van der Waals surface area contributed by atoms with Gasteiger partial charge in [0.15, 0.2) is 0 Å². The lowest BCUT2D eigenvalue weighted by Gasteiger charge is -2.19. The first-order valence-corrected chi connectivity index (χ1v) is 6.12. The van der Waals surface area contributed by atoms with Crippen LogP contribution in [0.25, 0.3) is 0 Å². The summed E-state index contributed by atoms with van der Waals surface area (Å²) in [5, 5.41) is 3.82. The summed E-state index contributed by atoms with van der Waals surface area (Å²) in [6, 6.07) is 0.813. The van der Waals surface area contributed by atoms with E-state index in [9.17, 15) is 0 Å². The van der Waals surface area contributed by atoms with Crippen LogP contribution in [-0.2, 0) is 0 Å². The van der Waals surface area contributed by atoms with Crippen molar-refractivity contribution >= 4 is 17.4 Å². The molecule has 5 heteroatoms. The third kappa shape index (κ3) is 3.06.